The number of carbonyl (C=O) groups is 1. The summed E-state index contributed by atoms with van der Waals surface area (Å²) in [6.45, 7) is 0. The lowest BCUT2D eigenvalue weighted by Gasteiger charge is -2.10. The van der Waals surface area contributed by atoms with Crippen LogP contribution in [0.1, 0.15) is 15.9 Å². The summed E-state index contributed by atoms with van der Waals surface area (Å²) >= 11 is 0. The topological polar surface area (TPSA) is 50.2 Å². The Bertz CT molecular complexity index is 668. The number of aromatic carboxylic acids is 1. The molecule has 1 aromatic carbocycles. The van der Waals surface area contributed by atoms with E-state index in [1.54, 1.807) is 0 Å². The summed E-state index contributed by atoms with van der Waals surface area (Å²) in [5.74, 6) is -2.62. The van der Waals surface area contributed by atoms with E-state index in [2.05, 4.69) is 4.98 Å². The summed E-state index contributed by atoms with van der Waals surface area (Å²) < 4.78 is 50.9. The van der Waals surface area contributed by atoms with Gasteiger partial charge in [-0.1, -0.05) is 0 Å². The van der Waals surface area contributed by atoms with Crippen LogP contribution in [0.25, 0.3) is 11.3 Å². The Morgan fingerprint density at radius 2 is 1.85 bits per heavy atom. The minimum absolute atomic E-state index is 0.0122. The summed E-state index contributed by atoms with van der Waals surface area (Å²) in [5.41, 5.74) is -1.53. The Labute approximate surface area is 110 Å². The van der Waals surface area contributed by atoms with Crippen LogP contribution in [-0.2, 0) is 6.18 Å². The van der Waals surface area contributed by atoms with Crippen molar-refractivity contribution in [2.75, 3.05) is 0 Å². The van der Waals surface area contributed by atoms with Crippen molar-refractivity contribution in [3.8, 4) is 11.3 Å². The van der Waals surface area contributed by atoms with Crippen LogP contribution in [0.15, 0.2) is 36.5 Å². The molecule has 0 atom stereocenters. The van der Waals surface area contributed by atoms with Gasteiger partial charge in [-0.05, 0) is 30.3 Å². The van der Waals surface area contributed by atoms with Crippen molar-refractivity contribution in [2.45, 2.75) is 6.18 Å². The number of benzene rings is 1. The molecular weight excluding hydrogens is 278 g/mol. The maximum atomic E-state index is 13.2. The van der Waals surface area contributed by atoms with Gasteiger partial charge in [-0.25, -0.2) is 9.18 Å². The molecule has 20 heavy (non-hydrogen) atoms. The second kappa shape index (κ2) is 4.92. The molecule has 2 aromatic rings. The molecule has 0 spiro atoms. The fourth-order valence-corrected chi connectivity index (χ4v) is 1.62. The Morgan fingerprint density at radius 1 is 1.15 bits per heavy atom. The first-order valence-electron chi connectivity index (χ1n) is 5.35. The quantitative estimate of drug-likeness (QED) is 0.858. The van der Waals surface area contributed by atoms with E-state index in [0.717, 1.165) is 18.3 Å². The van der Waals surface area contributed by atoms with E-state index in [1.165, 1.54) is 6.07 Å². The van der Waals surface area contributed by atoms with E-state index < -0.39 is 23.5 Å². The summed E-state index contributed by atoms with van der Waals surface area (Å²) in [5, 5.41) is 8.82. The third-order valence-corrected chi connectivity index (χ3v) is 2.57. The molecule has 0 radical (unpaired) electrons. The monoisotopic (exact) mass is 285 g/mol. The number of hydrogen-bond acceptors (Lipinski definition) is 2. The van der Waals surface area contributed by atoms with E-state index in [4.69, 9.17) is 5.11 Å². The normalized spacial score (nSPS) is 11.4. The van der Waals surface area contributed by atoms with E-state index in [-0.39, 0.29) is 16.8 Å². The number of nitrogens with zero attached hydrogens (tertiary/aromatic N) is 1. The van der Waals surface area contributed by atoms with Crippen molar-refractivity contribution >= 4 is 5.97 Å². The van der Waals surface area contributed by atoms with Crippen LogP contribution in [0.5, 0.6) is 0 Å². The highest BCUT2D eigenvalue weighted by Crippen LogP contribution is 2.33. The summed E-state index contributed by atoms with van der Waals surface area (Å²) in [7, 11) is 0. The first-order valence-corrected chi connectivity index (χ1v) is 5.35. The first kappa shape index (κ1) is 14.0. The van der Waals surface area contributed by atoms with Crippen LogP contribution in [0, 0.1) is 5.82 Å². The summed E-state index contributed by atoms with van der Waals surface area (Å²) in [6.07, 6.45) is -3.67. The number of rotatable bonds is 2. The number of carboxylic acid groups (broad SMARTS) is 1. The standard InChI is InChI=1S/C13H7F4NO2/c14-10-2-1-7(5-9(10)13(15,16)17)11-6-8(12(19)20)3-4-18-11/h1-6H,(H,19,20). The second-order valence-corrected chi connectivity index (χ2v) is 3.93. The minimum atomic E-state index is -4.83. The van der Waals surface area contributed by atoms with E-state index >= 15 is 0 Å². The molecule has 3 nitrogen and oxygen atoms in total. The van der Waals surface area contributed by atoms with Crippen LogP contribution in [0.3, 0.4) is 0 Å². The van der Waals surface area contributed by atoms with Gasteiger partial charge in [0, 0.05) is 11.8 Å². The Kier molecular flexibility index (Phi) is 3.44. The number of alkyl halides is 3. The zero-order valence-corrected chi connectivity index (χ0v) is 9.78. The van der Waals surface area contributed by atoms with E-state index in [1.807, 2.05) is 0 Å². The third-order valence-electron chi connectivity index (χ3n) is 2.57. The van der Waals surface area contributed by atoms with Crippen molar-refractivity contribution in [3.63, 3.8) is 0 Å². The van der Waals surface area contributed by atoms with Gasteiger partial charge < -0.3 is 5.11 Å². The van der Waals surface area contributed by atoms with Gasteiger partial charge >= 0.3 is 12.1 Å². The molecule has 0 saturated heterocycles. The molecule has 104 valence electrons. The lowest BCUT2D eigenvalue weighted by atomic mass is 10.1. The second-order valence-electron chi connectivity index (χ2n) is 3.93. The zero-order chi connectivity index (χ0) is 14.9. The van der Waals surface area contributed by atoms with Crippen molar-refractivity contribution in [2.24, 2.45) is 0 Å². The van der Waals surface area contributed by atoms with Crippen molar-refractivity contribution in [3.05, 3.63) is 53.5 Å². The Morgan fingerprint density at radius 3 is 2.45 bits per heavy atom. The lowest BCUT2D eigenvalue weighted by molar-refractivity contribution is -0.139. The van der Waals surface area contributed by atoms with Crippen molar-refractivity contribution < 1.29 is 27.5 Å². The average Bonchev–Trinajstić information content (AvgIpc) is 2.38. The molecular formula is C13H7F4NO2. The highest BCUT2D eigenvalue weighted by atomic mass is 19.4. The molecule has 1 aromatic heterocycles. The van der Waals surface area contributed by atoms with Gasteiger partial charge in [0.25, 0.3) is 0 Å². The third kappa shape index (κ3) is 2.76. The fourth-order valence-electron chi connectivity index (χ4n) is 1.62. The largest absolute Gasteiger partial charge is 0.478 e. The molecule has 0 amide bonds. The average molecular weight is 285 g/mol. The molecule has 0 unspecified atom stereocenters. The summed E-state index contributed by atoms with van der Waals surface area (Å²) in [4.78, 5) is 14.6. The van der Waals surface area contributed by atoms with Gasteiger partial charge in [0.15, 0.2) is 0 Å². The van der Waals surface area contributed by atoms with Crippen molar-refractivity contribution in [1.29, 1.82) is 0 Å². The molecule has 0 aliphatic carbocycles. The Balaban J connectivity index is 2.54. The maximum absolute atomic E-state index is 13.2. The summed E-state index contributed by atoms with van der Waals surface area (Å²) in [6, 6.07) is 4.71. The number of pyridine rings is 1. The minimum Gasteiger partial charge on any atom is -0.478 e. The molecule has 0 bridgehead atoms. The smallest absolute Gasteiger partial charge is 0.419 e. The lowest BCUT2D eigenvalue weighted by Crippen LogP contribution is -2.08. The van der Waals surface area contributed by atoms with Crippen LogP contribution in [-0.4, -0.2) is 16.1 Å². The predicted molar refractivity (Wildman–Crippen MR) is 61.6 cm³/mol. The molecule has 0 aliphatic rings. The molecule has 7 heteroatoms. The van der Waals surface area contributed by atoms with Crippen LogP contribution >= 0.6 is 0 Å². The number of hydrogen-bond donors (Lipinski definition) is 1. The molecule has 1 N–H and O–H groups in total. The zero-order valence-electron chi connectivity index (χ0n) is 9.78. The molecule has 2 rings (SSSR count). The predicted octanol–water partition coefficient (Wildman–Crippen LogP) is 3.60. The van der Waals surface area contributed by atoms with Gasteiger partial charge in [0.2, 0.25) is 0 Å². The number of carboxylic acids is 1. The van der Waals surface area contributed by atoms with Gasteiger partial charge in [-0.2, -0.15) is 13.2 Å². The number of halogens is 4. The SMILES string of the molecule is O=C(O)c1ccnc(-c2ccc(F)c(C(F)(F)F)c2)c1. The molecule has 0 aliphatic heterocycles. The van der Waals surface area contributed by atoms with Gasteiger partial charge in [0.1, 0.15) is 5.82 Å². The van der Waals surface area contributed by atoms with Crippen LogP contribution in [0.2, 0.25) is 0 Å². The number of aromatic nitrogens is 1. The molecule has 0 saturated carbocycles. The van der Waals surface area contributed by atoms with Crippen molar-refractivity contribution in [1.82, 2.24) is 4.98 Å². The molecule has 0 fully saturated rings. The van der Waals surface area contributed by atoms with Crippen LogP contribution in [0.4, 0.5) is 17.6 Å². The Hall–Kier alpha value is -2.44. The maximum Gasteiger partial charge on any atom is 0.419 e. The first-order chi connectivity index (χ1) is 9.29. The fraction of sp³-hybridized carbons (Fsp3) is 0.0769. The highest BCUT2D eigenvalue weighted by Gasteiger charge is 2.34. The molecule has 1 heterocycles. The van der Waals surface area contributed by atoms with Gasteiger partial charge in [0.05, 0.1) is 16.8 Å². The van der Waals surface area contributed by atoms with Gasteiger partial charge in [-0.3, -0.25) is 4.98 Å². The van der Waals surface area contributed by atoms with E-state index in [9.17, 15) is 22.4 Å². The highest BCUT2D eigenvalue weighted by molar-refractivity contribution is 5.88. The van der Waals surface area contributed by atoms with Gasteiger partial charge in [-0.15, -0.1) is 0 Å². The van der Waals surface area contributed by atoms with Crippen LogP contribution < -0.4 is 0 Å². The van der Waals surface area contributed by atoms with E-state index in [0.29, 0.717) is 12.1 Å².